The fourth-order valence-electron chi connectivity index (χ4n) is 3.98. The number of methoxy groups -OCH3 is 2. The number of sulfonamides is 2. The van der Waals surface area contributed by atoms with Crippen LogP contribution in [0.15, 0.2) is 101 Å². The Balaban J connectivity index is 1.57. The summed E-state index contributed by atoms with van der Waals surface area (Å²) in [5, 5.41) is 3.05. The van der Waals surface area contributed by atoms with Gasteiger partial charge in [0.15, 0.2) is 11.5 Å². The fourth-order valence-corrected chi connectivity index (χ4v) is 6.72. The monoisotopic (exact) mass is 629 g/mol. The summed E-state index contributed by atoms with van der Waals surface area (Å²) in [6.07, 6.45) is 0. The van der Waals surface area contributed by atoms with Gasteiger partial charge in [-0.25, -0.2) is 16.8 Å². The Morgan fingerprint density at radius 1 is 0.810 bits per heavy atom. The standard InChI is InChI=1S/C29H28ClN3O7S2/c1-20-25(30)10-7-11-26(20)32-41(35,36)23-15-12-21(13-16-23)31-29(34)19-33(42(37,38)24-8-5-4-6-9-24)22-14-17-27(39-2)28(18-22)40-3/h4-18,32H,19H2,1-3H3,(H,31,34). The van der Waals surface area contributed by atoms with Gasteiger partial charge in [-0.3, -0.25) is 13.8 Å². The van der Waals surface area contributed by atoms with Crippen LogP contribution in [0.25, 0.3) is 0 Å². The number of rotatable bonds is 11. The topological polar surface area (TPSA) is 131 Å². The third-order valence-electron chi connectivity index (χ3n) is 6.23. The van der Waals surface area contributed by atoms with Crippen molar-refractivity contribution < 1.29 is 31.1 Å². The zero-order chi connectivity index (χ0) is 30.5. The van der Waals surface area contributed by atoms with Gasteiger partial charge in [0.25, 0.3) is 20.0 Å². The van der Waals surface area contributed by atoms with E-state index in [0.717, 1.165) is 4.31 Å². The van der Waals surface area contributed by atoms with Crippen molar-refractivity contribution in [3.05, 3.63) is 102 Å². The number of ether oxygens (including phenoxy) is 2. The summed E-state index contributed by atoms with van der Waals surface area (Å²) in [6, 6.07) is 22.6. The molecule has 0 saturated carbocycles. The van der Waals surface area contributed by atoms with Crippen LogP contribution < -0.4 is 23.8 Å². The van der Waals surface area contributed by atoms with Gasteiger partial charge in [-0.1, -0.05) is 35.9 Å². The number of hydrogen-bond donors (Lipinski definition) is 2. The van der Waals surface area contributed by atoms with Crippen molar-refractivity contribution in [1.82, 2.24) is 0 Å². The largest absolute Gasteiger partial charge is 0.493 e. The van der Waals surface area contributed by atoms with E-state index in [1.165, 1.54) is 68.8 Å². The maximum Gasteiger partial charge on any atom is 0.264 e. The lowest BCUT2D eigenvalue weighted by Crippen LogP contribution is -2.38. The van der Waals surface area contributed by atoms with E-state index in [1.54, 1.807) is 43.3 Å². The molecule has 0 bridgehead atoms. The second-order valence-corrected chi connectivity index (χ2v) is 12.9. The first-order valence-corrected chi connectivity index (χ1v) is 15.7. The lowest BCUT2D eigenvalue weighted by atomic mass is 10.2. The van der Waals surface area contributed by atoms with Crippen molar-refractivity contribution in [2.75, 3.05) is 35.1 Å². The van der Waals surface area contributed by atoms with Crippen molar-refractivity contribution in [2.45, 2.75) is 16.7 Å². The molecule has 1 amide bonds. The van der Waals surface area contributed by atoms with E-state index in [0.29, 0.717) is 22.0 Å². The number of amides is 1. The van der Waals surface area contributed by atoms with Crippen LogP contribution in [0, 0.1) is 6.92 Å². The van der Waals surface area contributed by atoms with Gasteiger partial charge in [-0.05, 0) is 73.2 Å². The van der Waals surface area contributed by atoms with E-state index in [-0.39, 0.29) is 26.9 Å². The van der Waals surface area contributed by atoms with E-state index >= 15 is 0 Å². The average molecular weight is 630 g/mol. The van der Waals surface area contributed by atoms with E-state index in [9.17, 15) is 21.6 Å². The number of halogens is 1. The molecular weight excluding hydrogens is 602 g/mol. The minimum atomic E-state index is -4.17. The second-order valence-electron chi connectivity index (χ2n) is 8.95. The molecule has 0 aromatic heterocycles. The summed E-state index contributed by atoms with van der Waals surface area (Å²) in [4.78, 5) is 13.1. The van der Waals surface area contributed by atoms with Crippen LogP contribution in [0.2, 0.25) is 5.02 Å². The lowest BCUT2D eigenvalue weighted by molar-refractivity contribution is -0.114. The summed E-state index contributed by atoms with van der Waals surface area (Å²) < 4.78 is 67.1. The summed E-state index contributed by atoms with van der Waals surface area (Å²) in [6.45, 7) is 1.12. The van der Waals surface area contributed by atoms with Crippen LogP contribution in [0.4, 0.5) is 17.1 Å². The minimum Gasteiger partial charge on any atom is -0.493 e. The smallest absolute Gasteiger partial charge is 0.264 e. The Morgan fingerprint density at radius 2 is 1.48 bits per heavy atom. The number of nitrogens with one attached hydrogen (secondary N) is 2. The molecule has 0 radical (unpaired) electrons. The normalized spacial score (nSPS) is 11.4. The average Bonchev–Trinajstić information content (AvgIpc) is 2.98. The molecule has 4 aromatic carbocycles. The summed E-state index contributed by atoms with van der Waals surface area (Å²) >= 11 is 6.10. The molecular formula is C29H28ClN3O7S2. The highest BCUT2D eigenvalue weighted by molar-refractivity contribution is 7.93. The molecule has 13 heteroatoms. The zero-order valence-electron chi connectivity index (χ0n) is 22.9. The quantitative estimate of drug-likeness (QED) is 0.230. The summed E-state index contributed by atoms with van der Waals surface area (Å²) in [5.74, 6) is 0.00688. The maximum absolute atomic E-state index is 13.6. The number of hydrogen-bond acceptors (Lipinski definition) is 7. The first kappa shape index (κ1) is 30.7. The van der Waals surface area contributed by atoms with E-state index in [2.05, 4.69) is 10.0 Å². The van der Waals surface area contributed by atoms with Gasteiger partial charge < -0.3 is 14.8 Å². The molecule has 0 aliphatic heterocycles. The Labute approximate surface area is 250 Å². The van der Waals surface area contributed by atoms with Gasteiger partial charge in [0, 0.05) is 16.8 Å². The van der Waals surface area contributed by atoms with Gasteiger partial charge in [-0.15, -0.1) is 0 Å². The number of benzene rings is 4. The molecule has 4 rings (SSSR count). The molecule has 0 aliphatic rings. The van der Waals surface area contributed by atoms with Crippen molar-refractivity contribution in [3.8, 4) is 11.5 Å². The molecule has 10 nitrogen and oxygen atoms in total. The third-order valence-corrected chi connectivity index (χ3v) is 9.81. The molecule has 0 unspecified atom stereocenters. The highest BCUT2D eigenvalue weighted by atomic mass is 35.5. The van der Waals surface area contributed by atoms with Crippen LogP contribution in [-0.2, 0) is 24.8 Å². The number of anilines is 3. The molecule has 0 fully saturated rings. The van der Waals surface area contributed by atoms with E-state index in [1.807, 2.05) is 0 Å². The molecule has 220 valence electrons. The first-order valence-electron chi connectivity index (χ1n) is 12.4. The lowest BCUT2D eigenvalue weighted by Gasteiger charge is -2.25. The Morgan fingerprint density at radius 3 is 2.12 bits per heavy atom. The molecule has 0 aliphatic carbocycles. The maximum atomic E-state index is 13.6. The first-order chi connectivity index (χ1) is 20.0. The van der Waals surface area contributed by atoms with Gasteiger partial charge >= 0.3 is 0 Å². The van der Waals surface area contributed by atoms with Crippen LogP contribution in [0.3, 0.4) is 0 Å². The van der Waals surface area contributed by atoms with E-state index in [4.69, 9.17) is 21.1 Å². The Kier molecular flexibility index (Phi) is 9.30. The second kappa shape index (κ2) is 12.7. The van der Waals surface area contributed by atoms with Crippen LogP contribution in [0.1, 0.15) is 5.56 Å². The molecule has 0 saturated heterocycles. The summed E-state index contributed by atoms with van der Waals surface area (Å²) in [5.41, 5.74) is 1.36. The van der Waals surface area contributed by atoms with Crippen molar-refractivity contribution in [2.24, 2.45) is 0 Å². The fraction of sp³-hybridized carbons (Fsp3) is 0.138. The third kappa shape index (κ3) is 6.78. The van der Waals surface area contributed by atoms with Crippen LogP contribution in [0.5, 0.6) is 11.5 Å². The number of carbonyl (C=O) groups is 1. The van der Waals surface area contributed by atoms with Gasteiger partial charge in [-0.2, -0.15) is 0 Å². The van der Waals surface area contributed by atoms with Crippen molar-refractivity contribution in [3.63, 3.8) is 0 Å². The van der Waals surface area contributed by atoms with E-state index < -0.39 is 32.5 Å². The molecule has 2 N–H and O–H groups in total. The molecule has 0 heterocycles. The van der Waals surface area contributed by atoms with Crippen molar-refractivity contribution >= 4 is 54.6 Å². The van der Waals surface area contributed by atoms with Crippen LogP contribution in [-0.4, -0.2) is 43.5 Å². The highest BCUT2D eigenvalue weighted by Gasteiger charge is 2.28. The van der Waals surface area contributed by atoms with Gasteiger partial charge in [0.05, 0.1) is 35.4 Å². The Hall–Kier alpha value is -4.26. The molecule has 42 heavy (non-hydrogen) atoms. The molecule has 0 spiro atoms. The predicted octanol–water partition coefficient (Wildman–Crippen LogP) is 5.30. The number of nitrogens with zero attached hydrogens (tertiary/aromatic N) is 1. The van der Waals surface area contributed by atoms with Gasteiger partial charge in [0.1, 0.15) is 6.54 Å². The van der Waals surface area contributed by atoms with Crippen molar-refractivity contribution in [1.29, 1.82) is 0 Å². The highest BCUT2D eigenvalue weighted by Crippen LogP contribution is 2.34. The Bertz CT molecular complexity index is 1800. The minimum absolute atomic E-state index is 0.00964. The predicted molar refractivity (Wildman–Crippen MR) is 163 cm³/mol. The SMILES string of the molecule is COc1ccc(N(CC(=O)Nc2ccc(S(=O)(=O)Nc3cccc(Cl)c3C)cc2)S(=O)(=O)c2ccccc2)cc1OC. The summed E-state index contributed by atoms with van der Waals surface area (Å²) in [7, 11) is -5.25. The molecule has 0 atom stereocenters. The molecule has 4 aromatic rings. The van der Waals surface area contributed by atoms with Gasteiger partial charge in [0.2, 0.25) is 5.91 Å². The number of carbonyl (C=O) groups excluding carboxylic acids is 1. The zero-order valence-corrected chi connectivity index (χ0v) is 25.3. The van der Waals surface area contributed by atoms with Crippen LogP contribution >= 0.6 is 11.6 Å².